The van der Waals surface area contributed by atoms with E-state index in [4.69, 9.17) is 4.74 Å². The van der Waals surface area contributed by atoms with Crippen molar-refractivity contribution >= 4 is 32.5 Å². The Bertz CT molecular complexity index is 948. The van der Waals surface area contributed by atoms with Crippen molar-refractivity contribution < 1.29 is 9.53 Å². The monoisotopic (exact) mass is 423 g/mol. The molecule has 2 N–H and O–H groups in total. The Labute approximate surface area is 181 Å². The van der Waals surface area contributed by atoms with Crippen LogP contribution in [0.4, 0.5) is 9.80 Å². The molecule has 5 nitrogen and oxygen atoms in total. The second-order valence-electron chi connectivity index (χ2n) is 8.12. The number of carbonyl (C=O) groups is 1. The van der Waals surface area contributed by atoms with E-state index < -0.39 is 6.09 Å². The molecule has 3 aromatic rings. The number of ether oxygens (including phenoxy) is 1. The third-order valence-electron chi connectivity index (χ3n) is 5.92. The number of nitrogens with zero attached hydrogens (tertiary/aromatic N) is 1. The predicted octanol–water partition coefficient (Wildman–Crippen LogP) is 6.21. The van der Waals surface area contributed by atoms with Crippen LogP contribution in [0.15, 0.2) is 48.7 Å². The zero-order chi connectivity index (χ0) is 20.8. The van der Waals surface area contributed by atoms with E-state index in [0.29, 0.717) is 18.2 Å². The maximum atomic E-state index is 12.4. The largest absolute Gasteiger partial charge is 0.417 e. The van der Waals surface area contributed by atoms with Crippen molar-refractivity contribution in [3.63, 3.8) is 0 Å². The molecule has 6 heteroatoms. The molecule has 0 aliphatic heterocycles. The summed E-state index contributed by atoms with van der Waals surface area (Å²) < 4.78 is 6.70. The fraction of sp³-hybridized carbons (Fsp3) is 0.417. The maximum Gasteiger partial charge on any atom is 0.417 e. The molecule has 1 saturated carbocycles. The molecule has 4 rings (SSSR count). The third-order valence-corrected chi connectivity index (χ3v) is 6.95. The lowest BCUT2D eigenvalue weighted by molar-refractivity contribution is 0.214. The maximum absolute atomic E-state index is 12.4. The lowest BCUT2D eigenvalue weighted by Gasteiger charge is -2.27. The lowest BCUT2D eigenvalue weighted by atomic mass is 9.81. The highest BCUT2D eigenvalue weighted by molar-refractivity contribution is 7.22. The minimum Gasteiger partial charge on any atom is -0.408 e. The number of aromatic nitrogens is 1. The van der Waals surface area contributed by atoms with Gasteiger partial charge in [-0.2, -0.15) is 0 Å². The van der Waals surface area contributed by atoms with Gasteiger partial charge in [-0.25, -0.2) is 4.79 Å². The van der Waals surface area contributed by atoms with Crippen LogP contribution in [0.5, 0.6) is 5.75 Å². The molecule has 1 fully saturated rings. The highest BCUT2D eigenvalue weighted by Gasteiger charge is 2.20. The Morgan fingerprint density at radius 3 is 2.87 bits per heavy atom. The average Bonchev–Trinajstić information content (AvgIpc) is 3.17. The molecule has 0 saturated heterocycles. The lowest BCUT2D eigenvalue weighted by Crippen LogP contribution is -2.28. The first-order valence-corrected chi connectivity index (χ1v) is 11.6. The van der Waals surface area contributed by atoms with E-state index in [2.05, 4.69) is 22.5 Å². The van der Waals surface area contributed by atoms with Gasteiger partial charge in [0.2, 0.25) is 0 Å². The van der Waals surface area contributed by atoms with Gasteiger partial charge in [0.1, 0.15) is 0 Å². The van der Waals surface area contributed by atoms with Gasteiger partial charge in [0.25, 0.3) is 0 Å². The highest BCUT2D eigenvalue weighted by atomic mass is 32.1. The SMILES string of the molecule is CC(CNCc1ncccc1OC(=O)Nc1cc2ccccc2s1)C1CCCCC1. The number of pyridine rings is 1. The molecular weight excluding hydrogens is 394 g/mol. The summed E-state index contributed by atoms with van der Waals surface area (Å²) in [6, 6.07) is 13.6. The van der Waals surface area contributed by atoms with E-state index in [-0.39, 0.29) is 0 Å². The van der Waals surface area contributed by atoms with Crippen molar-refractivity contribution in [3.8, 4) is 5.75 Å². The Balaban J connectivity index is 1.31. The number of amides is 1. The van der Waals surface area contributed by atoms with Crippen LogP contribution >= 0.6 is 11.3 Å². The minimum atomic E-state index is -0.494. The molecule has 0 radical (unpaired) electrons. The van der Waals surface area contributed by atoms with Gasteiger partial charge in [0, 0.05) is 17.4 Å². The molecule has 1 aliphatic rings. The van der Waals surface area contributed by atoms with Gasteiger partial charge in [0.15, 0.2) is 5.75 Å². The fourth-order valence-electron chi connectivity index (χ4n) is 4.21. The molecule has 1 amide bonds. The molecule has 2 aromatic heterocycles. The standard InChI is InChI=1S/C24H29N3O2S/c1-17(18-8-3-2-4-9-18)15-25-16-20-21(11-7-13-26-20)29-24(28)27-23-14-19-10-5-6-12-22(19)30-23/h5-7,10-14,17-18,25H,2-4,8-9,15-16H2,1H3,(H,27,28). The van der Waals surface area contributed by atoms with Crippen LogP contribution in [0.25, 0.3) is 10.1 Å². The molecule has 1 aliphatic carbocycles. The third kappa shape index (κ3) is 5.37. The van der Waals surface area contributed by atoms with Crippen molar-refractivity contribution in [2.45, 2.75) is 45.6 Å². The second kappa shape index (κ2) is 10.0. The van der Waals surface area contributed by atoms with Crippen LogP contribution < -0.4 is 15.4 Å². The predicted molar refractivity (Wildman–Crippen MR) is 123 cm³/mol. The van der Waals surface area contributed by atoms with Gasteiger partial charge in [-0.3, -0.25) is 10.3 Å². The Morgan fingerprint density at radius 2 is 2.03 bits per heavy atom. The zero-order valence-corrected chi connectivity index (χ0v) is 18.2. The number of hydrogen-bond acceptors (Lipinski definition) is 5. The summed E-state index contributed by atoms with van der Waals surface area (Å²) in [6.45, 7) is 3.87. The first kappa shape index (κ1) is 20.8. The molecule has 30 heavy (non-hydrogen) atoms. The van der Waals surface area contributed by atoms with Crippen LogP contribution in [0.3, 0.4) is 0 Å². The van der Waals surface area contributed by atoms with Gasteiger partial charge in [-0.05, 0) is 48.0 Å². The van der Waals surface area contributed by atoms with Crippen molar-refractivity contribution in [1.82, 2.24) is 10.3 Å². The first-order valence-electron chi connectivity index (χ1n) is 10.8. The van der Waals surface area contributed by atoms with Gasteiger partial charge in [-0.15, -0.1) is 11.3 Å². The average molecular weight is 424 g/mol. The summed E-state index contributed by atoms with van der Waals surface area (Å²) in [7, 11) is 0. The summed E-state index contributed by atoms with van der Waals surface area (Å²) in [5.74, 6) is 1.96. The molecule has 1 atom stereocenters. The zero-order valence-electron chi connectivity index (χ0n) is 17.4. The number of anilines is 1. The number of nitrogens with one attached hydrogen (secondary N) is 2. The summed E-state index contributed by atoms with van der Waals surface area (Å²) in [6.07, 6.45) is 8.04. The van der Waals surface area contributed by atoms with Crippen LogP contribution in [0.2, 0.25) is 0 Å². The van der Waals surface area contributed by atoms with Crippen LogP contribution in [0.1, 0.15) is 44.7 Å². The van der Waals surface area contributed by atoms with Crippen molar-refractivity contribution in [2.24, 2.45) is 11.8 Å². The molecule has 2 heterocycles. The smallest absolute Gasteiger partial charge is 0.408 e. The van der Waals surface area contributed by atoms with Crippen LogP contribution in [-0.4, -0.2) is 17.6 Å². The van der Waals surface area contributed by atoms with Gasteiger partial charge in [0.05, 0.1) is 10.7 Å². The Morgan fingerprint density at radius 1 is 1.20 bits per heavy atom. The van der Waals surface area contributed by atoms with E-state index >= 15 is 0 Å². The number of rotatable bonds is 7. The molecule has 0 spiro atoms. The molecule has 1 aromatic carbocycles. The number of fused-ring (bicyclic) bond motifs is 1. The summed E-state index contributed by atoms with van der Waals surface area (Å²) in [5.41, 5.74) is 0.750. The van der Waals surface area contributed by atoms with Gasteiger partial charge in [-0.1, -0.05) is 57.2 Å². The number of benzene rings is 1. The van der Waals surface area contributed by atoms with Gasteiger partial charge < -0.3 is 10.1 Å². The number of hydrogen-bond donors (Lipinski definition) is 2. The van der Waals surface area contributed by atoms with E-state index in [1.54, 1.807) is 18.3 Å². The molecule has 0 bridgehead atoms. The normalized spacial score (nSPS) is 15.8. The Kier molecular flexibility index (Phi) is 6.97. The topological polar surface area (TPSA) is 63.3 Å². The van der Waals surface area contributed by atoms with E-state index in [9.17, 15) is 4.79 Å². The molecule has 158 valence electrons. The quantitative estimate of drug-likeness (QED) is 0.474. The van der Waals surface area contributed by atoms with Gasteiger partial charge >= 0.3 is 6.09 Å². The van der Waals surface area contributed by atoms with Crippen LogP contribution in [0, 0.1) is 11.8 Å². The molecular formula is C24H29N3O2S. The van der Waals surface area contributed by atoms with E-state index in [1.807, 2.05) is 30.3 Å². The number of thiophene rings is 1. The first-order chi connectivity index (χ1) is 14.7. The Hall–Kier alpha value is -2.44. The van der Waals surface area contributed by atoms with Crippen LogP contribution in [-0.2, 0) is 6.54 Å². The van der Waals surface area contributed by atoms with E-state index in [1.165, 1.54) is 43.4 Å². The molecule has 1 unspecified atom stereocenters. The summed E-state index contributed by atoms with van der Waals surface area (Å²) in [5, 5.41) is 8.22. The van der Waals surface area contributed by atoms with Crippen molar-refractivity contribution in [1.29, 1.82) is 0 Å². The number of carbonyl (C=O) groups excluding carboxylic acids is 1. The fourth-order valence-corrected chi connectivity index (χ4v) is 5.16. The van der Waals surface area contributed by atoms with Crippen molar-refractivity contribution in [3.05, 3.63) is 54.4 Å². The second-order valence-corrected chi connectivity index (χ2v) is 9.20. The summed E-state index contributed by atoms with van der Waals surface area (Å²) >= 11 is 1.53. The minimum absolute atomic E-state index is 0.494. The van der Waals surface area contributed by atoms with E-state index in [0.717, 1.165) is 33.2 Å². The summed E-state index contributed by atoms with van der Waals surface area (Å²) in [4.78, 5) is 16.8. The van der Waals surface area contributed by atoms with Crippen molar-refractivity contribution in [2.75, 3.05) is 11.9 Å². The highest BCUT2D eigenvalue weighted by Crippen LogP contribution is 2.30.